The summed E-state index contributed by atoms with van der Waals surface area (Å²) in [7, 11) is 0. The van der Waals surface area contributed by atoms with E-state index < -0.39 is 11.5 Å². The molecule has 76 valence electrons. The number of hydrogen-bond acceptors (Lipinski definition) is 1. The van der Waals surface area contributed by atoms with Crippen LogP contribution in [-0.4, -0.2) is 16.6 Å². The first-order valence-electron chi connectivity index (χ1n) is 4.97. The Balaban J connectivity index is 2.04. The first-order valence-corrected chi connectivity index (χ1v) is 4.97. The van der Waals surface area contributed by atoms with Crippen LogP contribution < -0.4 is 0 Å². The molecule has 0 unspecified atom stereocenters. The van der Waals surface area contributed by atoms with Crippen LogP contribution in [0.15, 0.2) is 0 Å². The Morgan fingerprint density at radius 1 is 0.923 bits per heavy atom. The fourth-order valence-corrected chi connectivity index (χ4v) is 2.29. The summed E-state index contributed by atoms with van der Waals surface area (Å²) in [5, 5.41) is 10.2. The highest BCUT2D eigenvalue weighted by atomic mass is 19.3. The highest BCUT2D eigenvalue weighted by Crippen LogP contribution is 2.59. The number of rotatable bonds is 1. The summed E-state index contributed by atoms with van der Waals surface area (Å²) >= 11 is 0. The van der Waals surface area contributed by atoms with Crippen LogP contribution in [0.3, 0.4) is 0 Å². The van der Waals surface area contributed by atoms with Crippen LogP contribution in [0.1, 0.15) is 45.4 Å². The lowest BCUT2D eigenvalue weighted by Gasteiger charge is -2.40. The molecule has 0 amide bonds. The van der Waals surface area contributed by atoms with Crippen molar-refractivity contribution in [2.75, 3.05) is 0 Å². The van der Waals surface area contributed by atoms with Crippen molar-refractivity contribution in [3.05, 3.63) is 0 Å². The molecule has 0 atom stereocenters. The molecule has 2 rings (SSSR count). The largest absolute Gasteiger partial charge is 0.389 e. The molecule has 2 fully saturated rings. The Labute approximate surface area is 77.1 Å². The van der Waals surface area contributed by atoms with Crippen molar-refractivity contribution in [2.24, 2.45) is 5.41 Å². The Hall–Kier alpha value is -0.180. The third-order valence-corrected chi connectivity index (χ3v) is 3.93. The lowest BCUT2D eigenvalue weighted by molar-refractivity contribution is -0.130. The molecule has 0 aromatic carbocycles. The first kappa shape index (κ1) is 9.38. The number of hydrogen-bond donors (Lipinski definition) is 1. The zero-order valence-electron chi connectivity index (χ0n) is 7.95. The van der Waals surface area contributed by atoms with E-state index >= 15 is 0 Å². The van der Waals surface area contributed by atoms with Crippen molar-refractivity contribution in [1.29, 1.82) is 0 Å². The van der Waals surface area contributed by atoms with E-state index in [1.807, 2.05) is 6.92 Å². The van der Waals surface area contributed by atoms with Gasteiger partial charge in [0, 0.05) is 12.8 Å². The van der Waals surface area contributed by atoms with Crippen LogP contribution in [0.25, 0.3) is 0 Å². The van der Waals surface area contributed by atoms with Gasteiger partial charge in [0.25, 0.3) is 0 Å². The van der Waals surface area contributed by atoms with Gasteiger partial charge in [0.05, 0.1) is 5.60 Å². The van der Waals surface area contributed by atoms with E-state index in [0.717, 1.165) is 12.8 Å². The van der Waals surface area contributed by atoms with Crippen LogP contribution in [0.5, 0.6) is 0 Å². The fourth-order valence-electron chi connectivity index (χ4n) is 2.29. The second-order valence-electron chi connectivity index (χ2n) is 4.95. The summed E-state index contributed by atoms with van der Waals surface area (Å²) < 4.78 is 25.7. The van der Waals surface area contributed by atoms with E-state index in [4.69, 9.17) is 0 Å². The number of alkyl halides is 2. The smallest absolute Gasteiger partial charge is 0.248 e. The summed E-state index contributed by atoms with van der Waals surface area (Å²) in [6, 6.07) is 0. The lowest BCUT2D eigenvalue weighted by atomic mass is 9.73. The fraction of sp³-hybridized carbons (Fsp3) is 1.00. The Kier molecular flexibility index (Phi) is 1.76. The molecule has 0 aliphatic heterocycles. The van der Waals surface area contributed by atoms with E-state index in [9.17, 15) is 13.9 Å². The quantitative estimate of drug-likeness (QED) is 0.674. The summed E-state index contributed by atoms with van der Waals surface area (Å²) in [5.41, 5.74) is -0.849. The van der Waals surface area contributed by atoms with Crippen LogP contribution in [0, 0.1) is 5.41 Å². The van der Waals surface area contributed by atoms with E-state index in [0.29, 0.717) is 0 Å². The maximum absolute atomic E-state index is 12.8. The molecule has 2 saturated carbocycles. The lowest BCUT2D eigenvalue weighted by Crippen LogP contribution is -2.44. The highest BCUT2D eigenvalue weighted by Gasteiger charge is 2.57. The molecule has 1 nitrogen and oxygen atoms in total. The molecule has 1 N–H and O–H groups in total. The summed E-state index contributed by atoms with van der Waals surface area (Å²) in [4.78, 5) is 0. The average molecular weight is 190 g/mol. The minimum Gasteiger partial charge on any atom is -0.389 e. The van der Waals surface area contributed by atoms with Gasteiger partial charge < -0.3 is 5.11 Å². The first-order chi connectivity index (χ1) is 5.87. The molecule has 0 aromatic rings. The maximum Gasteiger partial charge on any atom is 0.248 e. The molecule has 0 spiro atoms. The molecule has 2 aliphatic carbocycles. The molecular weight excluding hydrogens is 174 g/mol. The zero-order valence-corrected chi connectivity index (χ0v) is 7.95. The molecule has 13 heavy (non-hydrogen) atoms. The topological polar surface area (TPSA) is 20.2 Å². The van der Waals surface area contributed by atoms with Crippen LogP contribution >= 0.6 is 0 Å². The minimum atomic E-state index is -2.53. The number of aliphatic hydroxyl groups is 1. The van der Waals surface area contributed by atoms with Gasteiger partial charge >= 0.3 is 0 Å². The summed E-state index contributed by atoms with van der Waals surface area (Å²) in [5.74, 6) is -2.53. The normalized spacial score (nSPS) is 34.2. The standard InChI is InChI=1S/C10H16F2O/c1-8(2-3-8)9(13)4-6-10(11,12)7-5-9/h13H,2-7H2,1H3. The van der Waals surface area contributed by atoms with Crippen molar-refractivity contribution >= 4 is 0 Å². The average Bonchev–Trinajstić information content (AvgIpc) is 2.77. The molecular formula is C10H16F2O. The van der Waals surface area contributed by atoms with Crippen molar-refractivity contribution in [3.63, 3.8) is 0 Å². The van der Waals surface area contributed by atoms with Gasteiger partial charge in [-0.2, -0.15) is 0 Å². The minimum absolute atomic E-state index is 0.0521. The van der Waals surface area contributed by atoms with Crippen molar-refractivity contribution in [1.82, 2.24) is 0 Å². The molecule has 0 heterocycles. The zero-order chi connectivity index (χ0) is 9.74. The molecule has 2 aliphatic rings. The van der Waals surface area contributed by atoms with Crippen molar-refractivity contribution < 1.29 is 13.9 Å². The Morgan fingerprint density at radius 3 is 1.77 bits per heavy atom. The maximum atomic E-state index is 12.8. The Morgan fingerprint density at radius 2 is 1.38 bits per heavy atom. The third-order valence-electron chi connectivity index (χ3n) is 3.93. The van der Waals surface area contributed by atoms with Crippen LogP contribution in [-0.2, 0) is 0 Å². The van der Waals surface area contributed by atoms with E-state index in [-0.39, 0.29) is 31.1 Å². The molecule has 3 heteroatoms. The second-order valence-corrected chi connectivity index (χ2v) is 4.95. The monoisotopic (exact) mass is 190 g/mol. The van der Waals surface area contributed by atoms with Gasteiger partial charge in [0.2, 0.25) is 5.92 Å². The van der Waals surface area contributed by atoms with Crippen molar-refractivity contribution in [3.8, 4) is 0 Å². The van der Waals surface area contributed by atoms with Crippen LogP contribution in [0.2, 0.25) is 0 Å². The van der Waals surface area contributed by atoms with Gasteiger partial charge in [-0.15, -0.1) is 0 Å². The van der Waals surface area contributed by atoms with Gasteiger partial charge in [-0.25, -0.2) is 8.78 Å². The van der Waals surface area contributed by atoms with Gasteiger partial charge in [0.15, 0.2) is 0 Å². The molecule has 0 saturated heterocycles. The SMILES string of the molecule is CC1(C2(O)CCC(F)(F)CC2)CC1. The predicted molar refractivity (Wildman–Crippen MR) is 45.7 cm³/mol. The van der Waals surface area contributed by atoms with Gasteiger partial charge in [-0.1, -0.05) is 6.92 Å². The van der Waals surface area contributed by atoms with Gasteiger partial charge in [0.1, 0.15) is 0 Å². The summed E-state index contributed by atoms with van der Waals surface area (Å²) in [6.07, 6.45) is 2.26. The van der Waals surface area contributed by atoms with Gasteiger partial charge in [-0.05, 0) is 31.1 Å². The molecule has 0 bridgehead atoms. The van der Waals surface area contributed by atoms with E-state index in [2.05, 4.69) is 0 Å². The highest BCUT2D eigenvalue weighted by molar-refractivity contribution is 5.07. The number of halogens is 2. The van der Waals surface area contributed by atoms with Gasteiger partial charge in [-0.3, -0.25) is 0 Å². The van der Waals surface area contributed by atoms with E-state index in [1.54, 1.807) is 0 Å². The third kappa shape index (κ3) is 1.47. The molecule has 0 aromatic heterocycles. The van der Waals surface area contributed by atoms with E-state index in [1.165, 1.54) is 0 Å². The summed E-state index contributed by atoms with van der Waals surface area (Å²) in [6.45, 7) is 2.01. The Bertz CT molecular complexity index is 211. The predicted octanol–water partition coefficient (Wildman–Crippen LogP) is 2.73. The van der Waals surface area contributed by atoms with Crippen LogP contribution in [0.4, 0.5) is 8.78 Å². The second kappa shape index (κ2) is 2.44. The molecule has 0 radical (unpaired) electrons. The van der Waals surface area contributed by atoms with Crippen molar-refractivity contribution in [2.45, 2.75) is 57.0 Å².